The van der Waals surface area contributed by atoms with Crippen molar-refractivity contribution in [3.8, 4) is 17.1 Å². The van der Waals surface area contributed by atoms with Crippen molar-refractivity contribution in [2.75, 3.05) is 0 Å². The van der Waals surface area contributed by atoms with E-state index in [2.05, 4.69) is 0 Å². The SMILES string of the molecule is O=c1cc(-c2cc(F)ccc2O)oc2c(Cl)cccc12. The smallest absolute Gasteiger partial charge is 0.193 e. The Hall–Kier alpha value is -2.33. The van der Waals surface area contributed by atoms with Gasteiger partial charge in [-0.3, -0.25) is 4.79 Å². The summed E-state index contributed by atoms with van der Waals surface area (Å²) in [6.07, 6.45) is 0. The van der Waals surface area contributed by atoms with Crippen LogP contribution in [0.15, 0.2) is 51.7 Å². The van der Waals surface area contributed by atoms with Gasteiger partial charge in [0.1, 0.15) is 17.3 Å². The van der Waals surface area contributed by atoms with Gasteiger partial charge >= 0.3 is 0 Å². The summed E-state index contributed by atoms with van der Waals surface area (Å²) in [5, 5.41) is 10.4. The largest absolute Gasteiger partial charge is 0.507 e. The predicted molar refractivity (Wildman–Crippen MR) is 74.6 cm³/mol. The van der Waals surface area contributed by atoms with E-state index >= 15 is 0 Å². The van der Waals surface area contributed by atoms with E-state index in [0.29, 0.717) is 5.39 Å². The van der Waals surface area contributed by atoms with Crippen LogP contribution in [-0.4, -0.2) is 5.11 Å². The highest BCUT2D eigenvalue weighted by Crippen LogP contribution is 2.32. The molecule has 3 nitrogen and oxygen atoms in total. The fourth-order valence-corrected chi connectivity index (χ4v) is 2.19. The first-order valence-corrected chi connectivity index (χ1v) is 6.15. The second kappa shape index (κ2) is 4.65. The van der Waals surface area contributed by atoms with Crippen molar-refractivity contribution in [1.29, 1.82) is 0 Å². The molecule has 5 heteroatoms. The standard InChI is InChI=1S/C15H8ClFO3/c16-11-3-1-2-9-13(19)7-14(20-15(9)11)10-6-8(17)4-5-12(10)18/h1-7,18H. The van der Waals surface area contributed by atoms with Crippen molar-refractivity contribution >= 4 is 22.6 Å². The first kappa shape index (κ1) is 12.7. The lowest BCUT2D eigenvalue weighted by Gasteiger charge is -2.06. The molecule has 0 aliphatic heterocycles. The first-order valence-electron chi connectivity index (χ1n) is 5.77. The van der Waals surface area contributed by atoms with Crippen LogP contribution in [0.3, 0.4) is 0 Å². The minimum atomic E-state index is -0.542. The second-order valence-corrected chi connectivity index (χ2v) is 4.66. The lowest BCUT2D eigenvalue weighted by atomic mass is 10.1. The molecule has 2 aromatic carbocycles. The summed E-state index contributed by atoms with van der Waals surface area (Å²) >= 11 is 5.99. The fraction of sp³-hybridized carbons (Fsp3) is 0. The zero-order valence-electron chi connectivity index (χ0n) is 10.1. The fourth-order valence-electron chi connectivity index (χ4n) is 1.98. The highest BCUT2D eigenvalue weighted by molar-refractivity contribution is 6.34. The molecule has 0 spiro atoms. The van der Waals surface area contributed by atoms with E-state index in [4.69, 9.17) is 16.0 Å². The minimum absolute atomic E-state index is 0.0626. The maximum absolute atomic E-state index is 13.3. The molecule has 20 heavy (non-hydrogen) atoms. The quantitative estimate of drug-likeness (QED) is 0.738. The van der Waals surface area contributed by atoms with Gasteiger partial charge in [-0.05, 0) is 30.3 Å². The molecule has 0 atom stereocenters. The van der Waals surface area contributed by atoms with Crippen LogP contribution >= 0.6 is 11.6 Å². The van der Waals surface area contributed by atoms with Crippen molar-refractivity contribution < 1.29 is 13.9 Å². The highest BCUT2D eigenvalue weighted by atomic mass is 35.5. The average Bonchev–Trinajstić information content (AvgIpc) is 2.42. The van der Waals surface area contributed by atoms with Gasteiger partial charge in [-0.1, -0.05) is 17.7 Å². The molecule has 100 valence electrons. The Morgan fingerprint density at radius 1 is 1.15 bits per heavy atom. The molecule has 0 aliphatic carbocycles. The van der Waals surface area contributed by atoms with E-state index in [9.17, 15) is 14.3 Å². The van der Waals surface area contributed by atoms with Gasteiger partial charge in [0.2, 0.25) is 0 Å². The van der Waals surface area contributed by atoms with Gasteiger partial charge in [-0.25, -0.2) is 4.39 Å². The van der Waals surface area contributed by atoms with Gasteiger partial charge < -0.3 is 9.52 Å². The third kappa shape index (κ3) is 2.04. The van der Waals surface area contributed by atoms with Crippen LogP contribution in [-0.2, 0) is 0 Å². The number of halogens is 2. The normalized spacial score (nSPS) is 10.9. The number of hydrogen-bond acceptors (Lipinski definition) is 3. The van der Waals surface area contributed by atoms with E-state index in [1.165, 1.54) is 12.1 Å². The molecule has 0 unspecified atom stereocenters. The van der Waals surface area contributed by atoms with Gasteiger partial charge in [-0.2, -0.15) is 0 Å². The Bertz CT molecular complexity index is 871. The van der Waals surface area contributed by atoms with Crippen LogP contribution in [0.4, 0.5) is 4.39 Å². The summed E-state index contributed by atoms with van der Waals surface area (Å²) in [5.74, 6) is -0.659. The molecule has 3 aromatic rings. The van der Waals surface area contributed by atoms with Crippen molar-refractivity contribution in [1.82, 2.24) is 0 Å². The average molecular weight is 291 g/mol. The Kier molecular flexibility index (Phi) is 2.95. The topological polar surface area (TPSA) is 50.4 Å². The first-order chi connectivity index (χ1) is 9.56. The lowest BCUT2D eigenvalue weighted by Crippen LogP contribution is -2.00. The number of para-hydroxylation sites is 1. The minimum Gasteiger partial charge on any atom is -0.507 e. The number of benzene rings is 2. The summed E-state index contributed by atoms with van der Waals surface area (Å²) < 4.78 is 18.8. The molecule has 1 N–H and O–H groups in total. The lowest BCUT2D eigenvalue weighted by molar-refractivity contribution is 0.472. The monoisotopic (exact) mass is 290 g/mol. The molecule has 0 amide bonds. The van der Waals surface area contributed by atoms with E-state index in [0.717, 1.165) is 12.1 Å². The molecule has 0 bridgehead atoms. The van der Waals surface area contributed by atoms with Crippen LogP contribution in [0.5, 0.6) is 5.75 Å². The molecular formula is C15H8ClFO3. The molecule has 0 fully saturated rings. The molecule has 1 aromatic heterocycles. The number of rotatable bonds is 1. The van der Waals surface area contributed by atoms with Gasteiger partial charge in [0.25, 0.3) is 0 Å². The van der Waals surface area contributed by atoms with Crippen molar-refractivity contribution in [2.45, 2.75) is 0 Å². The number of phenolic OH excluding ortho intramolecular Hbond substituents is 1. The highest BCUT2D eigenvalue weighted by Gasteiger charge is 2.13. The third-order valence-electron chi connectivity index (χ3n) is 2.93. The summed E-state index contributed by atoms with van der Waals surface area (Å²) in [7, 11) is 0. The van der Waals surface area contributed by atoms with E-state index in [1.54, 1.807) is 18.2 Å². The van der Waals surface area contributed by atoms with E-state index in [-0.39, 0.29) is 33.1 Å². The Balaban J connectivity index is 2.35. The Morgan fingerprint density at radius 3 is 2.75 bits per heavy atom. The van der Waals surface area contributed by atoms with Gasteiger partial charge in [-0.15, -0.1) is 0 Å². The Labute approximate surface area is 117 Å². The van der Waals surface area contributed by atoms with Crippen LogP contribution < -0.4 is 5.43 Å². The molecular weight excluding hydrogens is 283 g/mol. The number of phenols is 1. The zero-order valence-corrected chi connectivity index (χ0v) is 10.8. The van der Waals surface area contributed by atoms with Gasteiger partial charge in [0.15, 0.2) is 11.0 Å². The Morgan fingerprint density at radius 2 is 1.95 bits per heavy atom. The molecule has 1 heterocycles. The van der Waals surface area contributed by atoms with Crippen LogP contribution in [0.25, 0.3) is 22.3 Å². The van der Waals surface area contributed by atoms with Crippen molar-refractivity contribution in [2.24, 2.45) is 0 Å². The summed E-state index contributed by atoms with van der Waals surface area (Å²) in [6.45, 7) is 0. The van der Waals surface area contributed by atoms with Crippen LogP contribution in [0.2, 0.25) is 5.02 Å². The second-order valence-electron chi connectivity index (χ2n) is 4.25. The summed E-state index contributed by atoms with van der Waals surface area (Å²) in [4.78, 5) is 12.0. The zero-order chi connectivity index (χ0) is 14.3. The van der Waals surface area contributed by atoms with Crippen LogP contribution in [0.1, 0.15) is 0 Å². The predicted octanol–water partition coefficient (Wildman–Crippen LogP) is 3.96. The molecule has 0 saturated carbocycles. The molecule has 3 rings (SSSR count). The van der Waals surface area contributed by atoms with Crippen molar-refractivity contribution in [3.63, 3.8) is 0 Å². The van der Waals surface area contributed by atoms with Crippen LogP contribution in [0, 0.1) is 5.82 Å². The summed E-state index contributed by atoms with van der Waals surface area (Å²) in [5.41, 5.74) is -0.00309. The number of aromatic hydroxyl groups is 1. The molecule has 0 saturated heterocycles. The van der Waals surface area contributed by atoms with E-state index < -0.39 is 5.82 Å². The number of fused-ring (bicyclic) bond motifs is 1. The maximum Gasteiger partial charge on any atom is 0.193 e. The summed E-state index contributed by atoms with van der Waals surface area (Å²) in [6, 6.07) is 9.42. The van der Waals surface area contributed by atoms with Crippen molar-refractivity contribution in [3.05, 3.63) is 63.5 Å². The molecule has 0 radical (unpaired) electrons. The van der Waals surface area contributed by atoms with Gasteiger partial charge in [0.05, 0.1) is 16.0 Å². The number of hydrogen-bond donors (Lipinski definition) is 1. The third-order valence-corrected chi connectivity index (χ3v) is 3.23. The molecule has 0 aliphatic rings. The van der Waals surface area contributed by atoms with E-state index in [1.807, 2.05) is 0 Å². The van der Waals surface area contributed by atoms with Gasteiger partial charge in [0, 0.05) is 6.07 Å². The maximum atomic E-state index is 13.3.